The number of fused-ring (bicyclic) bond motifs is 5. The van der Waals surface area contributed by atoms with E-state index in [4.69, 9.17) is 0 Å². The predicted octanol–water partition coefficient (Wildman–Crippen LogP) is 10.0. The Labute approximate surface area is 224 Å². The first-order valence-electron chi connectivity index (χ1n) is 16.9. The zero-order chi connectivity index (χ0) is 25.4. The Morgan fingerprint density at radius 2 is 1.00 bits per heavy atom. The van der Waals surface area contributed by atoms with Crippen LogP contribution < -0.4 is 0 Å². The van der Waals surface area contributed by atoms with Crippen molar-refractivity contribution in [2.75, 3.05) is 0 Å². The van der Waals surface area contributed by atoms with Crippen molar-refractivity contribution in [2.24, 2.45) is 92.7 Å². The molecule has 0 amide bonds. The van der Waals surface area contributed by atoms with Crippen LogP contribution in [0.4, 0.5) is 0 Å². The van der Waals surface area contributed by atoms with E-state index in [1.807, 2.05) is 0 Å². The maximum atomic E-state index is 2.87. The maximum Gasteiger partial charge on any atom is -0.0134 e. The molecule has 0 spiro atoms. The molecule has 7 rings (SSSR count). The van der Waals surface area contributed by atoms with Crippen LogP contribution >= 0.6 is 0 Å². The van der Waals surface area contributed by atoms with Crippen LogP contribution in [-0.4, -0.2) is 0 Å². The van der Waals surface area contributed by atoms with Gasteiger partial charge in [-0.25, -0.2) is 0 Å². The van der Waals surface area contributed by atoms with Crippen molar-refractivity contribution < 1.29 is 0 Å². The average molecular weight is 491 g/mol. The van der Waals surface area contributed by atoms with Crippen LogP contribution in [0.5, 0.6) is 0 Å². The van der Waals surface area contributed by atoms with Gasteiger partial charge in [0, 0.05) is 0 Å². The van der Waals surface area contributed by atoms with Gasteiger partial charge in [-0.3, -0.25) is 0 Å². The molecule has 202 valence electrons. The molecule has 7 aliphatic rings. The second-order valence-electron chi connectivity index (χ2n) is 16.2. The smallest absolute Gasteiger partial charge is 0.0134 e. The van der Waals surface area contributed by atoms with E-state index in [0.29, 0.717) is 21.7 Å². The van der Waals surface area contributed by atoms with Crippen LogP contribution in [0.15, 0.2) is 12.2 Å². The van der Waals surface area contributed by atoms with Gasteiger partial charge in [0.15, 0.2) is 0 Å². The van der Waals surface area contributed by atoms with Gasteiger partial charge in [-0.1, -0.05) is 74.0 Å². The minimum absolute atomic E-state index is 0.557. The summed E-state index contributed by atoms with van der Waals surface area (Å²) in [6.07, 6.45) is 20.7. The van der Waals surface area contributed by atoms with Gasteiger partial charge in [0.2, 0.25) is 0 Å². The lowest BCUT2D eigenvalue weighted by Gasteiger charge is -2.54. The van der Waals surface area contributed by atoms with Crippen molar-refractivity contribution >= 4 is 0 Å². The normalized spacial score (nSPS) is 64.2. The molecule has 0 aliphatic heterocycles. The van der Waals surface area contributed by atoms with E-state index in [9.17, 15) is 0 Å². The first-order chi connectivity index (χ1) is 17.2. The zero-order valence-electron chi connectivity index (χ0n) is 25.2. The Kier molecular flexibility index (Phi) is 5.28. The van der Waals surface area contributed by atoms with Gasteiger partial charge in [-0.15, -0.1) is 0 Å². The van der Waals surface area contributed by atoms with Crippen LogP contribution in [0, 0.1) is 92.7 Å². The summed E-state index contributed by atoms with van der Waals surface area (Å²) in [7, 11) is 0. The van der Waals surface area contributed by atoms with E-state index in [-0.39, 0.29) is 0 Å². The standard InChI is InChI=1S/C36H58/c1-9-33(7)23-17-19-27-32-28(20-18-24(30(23)32)34(33,8)10-2)36(12-4)26-16-14-22(6)29-21(5)13-15-25(31(26)29)35(27,36)11-3/h13,15,21-32H,9-12,14,16-20H2,1-8H3. The summed E-state index contributed by atoms with van der Waals surface area (Å²) < 4.78 is 0. The van der Waals surface area contributed by atoms with E-state index < -0.39 is 0 Å². The largest absolute Gasteiger partial charge is 0.0851 e. The van der Waals surface area contributed by atoms with Gasteiger partial charge in [-0.05, 0) is 150 Å². The highest BCUT2D eigenvalue weighted by Gasteiger charge is 2.82. The first kappa shape index (κ1) is 24.8. The van der Waals surface area contributed by atoms with Crippen LogP contribution in [0.1, 0.15) is 120 Å². The summed E-state index contributed by atoms with van der Waals surface area (Å²) in [6, 6.07) is 0. The molecule has 6 fully saturated rings. The van der Waals surface area contributed by atoms with Crippen LogP contribution in [-0.2, 0) is 0 Å². The lowest BCUT2D eigenvalue weighted by atomic mass is 9.50. The fourth-order valence-electron chi connectivity index (χ4n) is 16.0. The summed E-state index contributed by atoms with van der Waals surface area (Å²) >= 11 is 0. The van der Waals surface area contributed by atoms with E-state index in [1.54, 1.807) is 32.1 Å². The third-order valence-corrected chi connectivity index (χ3v) is 17.0. The summed E-state index contributed by atoms with van der Waals surface area (Å²) in [5.74, 6) is 11.7. The Morgan fingerprint density at radius 1 is 0.528 bits per heavy atom. The van der Waals surface area contributed by atoms with Crippen LogP contribution in [0.25, 0.3) is 0 Å². The summed E-state index contributed by atoms with van der Waals surface area (Å²) in [5.41, 5.74) is 2.34. The minimum atomic E-state index is 0.557. The second-order valence-corrected chi connectivity index (χ2v) is 16.2. The van der Waals surface area contributed by atoms with Crippen molar-refractivity contribution in [3.05, 3.63) is 12.2 Å². The third-order valence-electron chi connectivity index (χ3n) is 17.0. The molecule has 0 saturated heterocycles. The Balaban J connectivity index is 1.42. The Morgan fingerprint density at radius 3 is 1.56 bits per heavy atom. The van der Waals surface area contributed by atoms with Crippen molar-refractivity contribution in [3.63, 3.8) is 0 Å². The molecule has 7 aliphatic carbocycles. The van der Waals surface area contributed by atoms with Crippen molar-refractivity contribution in [1.29, 1.82) is 0 Å². The Bertz CT molecular complexity index is 912. The first-order valence-corrected chi connectivity index (χ1v) is 16.9. The molecule has 36 heavy (non-hydrogen) atoms. The van der Waals surface area contributed by atoms with Gasteiger partial charge in [0.1, 0.15) is 0 Å². The highest BCUT2D eigenvalue weighted by Crippen LogP contribution is 2.87. The second kappa shape index (κ2) is 7.68. The minimum Gasteiger partial charge on any atom is -0.0851 e. The van der Waals surface area contributed by atoms with Crippen LogP contribution in [0.3, 0.4) is 0 Å². The molecular formula is C36H58. The summed E-state index contributed by atoms with van der Waals surface area (Å²) in [6.45, 7) is 21.2. The van der Waals surface area contributed by atoms with Gasteiger partial charge in [0.05, 0.1) is 0 Å². The molecule has 0 aromatic rings. The SMILES string of the molecule is CCC1(C)C2CCC3C4C2C(CCC4C2(CC)C4CCC(C)C5C(C)C=CC(C54)C32CC)C1(C)CC. The quantitative estimate of drug-likeness (QED) is 0.344. The van der Waals surface area contributed by atoms with E-state index >= 15 is 0 Å². The van der Waals surface area contributed by atoms with E-state index in [1.165, 1.54) is 32.1 Å². The van der Waals surface area contributed by atoms with Crippen molar-refractivity contribution in [1.82, 2.24) is 0 Å². The van der Waals surface area contributed by atoms with Gasteiger partial charge in [0.25, 0.3) is 0 Å². The molecule has 0 heteroatoms. The number of rotatable bonds is 4. The molecule has 6 saturated carbocycles. The summed E-state index contributed by atoms with van der Waals surface area (Å²) in [5, 5.41) is 0. The molecule has 0 nitrogen and oxygen atoms in total. The molecule has 16 unspecified atom stereocenters. The average Bonchev–Trinajstić information content (AvgIpc) is 3.38. The molecule has 0 radical (unpaired) electrons. The lowest BCUT2D eigenvalue weighted by molar-refractivity contribution is -0.0559. The highest BCUT2D eigenvalue weighted by atomic mass is 14.9. The molecule has 0 N–H and O–H groups in total. The van der Waals surface area contributed by atoms with Crippen molar-refractivity contribution in [3.8, 4) is 0 Å². The lowest BCUT2D eigenvalue weighted by Crippen LogP contribution is -2.48. The van der Waals surface area contributed by atoms with Gasteiger partial charge in [-0.2, -0.15) is 0 Å². The molecular weight excluding hydrogens is 432 g/mol. The predicted molar refractivity (Wildman–Crippen MR) is 152 cm³/mol. The molecule has 0 heterocycles. The zero-order valence-corrected chi connectivity index (χ0v) is 25.2. The molecule has 0 bridgehead atoms. The molecule has 16 atom stereocenters. The maximum absolute atomic E-state index is 2.87. The van der Waals surface area contributed by atoms with E-state index in [2.05, 4.69) is 67.5 Å². The topological polar surface area (TPSA) is 0 Å². The summed E-state index contributed by atoms with van der Waals surface area (Å²) in [4.78, 5) is 0. The number of hydrogen-bond donors (Lipinski definition) is 0. The fourth-order valence-corrected chi connectivity index (χ4v) is 16.0. The van der Waals surface area contributed by atoms with E-state index in [0.717, 1.165) is 71.0 Å². The van der Waals surface area contributed by atoms with Crippen molar-refractivity contribution in [2.45, 2.75) is 120 Å². The van der Waals surface area contributed by atoms with Gasteiger partial charge < -0.3 is 0 Å². The Hall–Kier alpha value is -0.260. The van der Waals surface area contributed by atoms with Crippen LogP contribution in [0.2, 0.25) is 0 Å². The molecule has 0 aromatic carbocycles. The highest BCUT2D eigenvalue weighted by molar-refractivity contribution is 5.32. The monoisotopic (exact) mass is 490 g/mol. The number of allylic oxidation sites excluding steroid dienone is 2. The fraction of sp³-hybridized carbons (Fsp3) is 0.944. The number of hydrogen-bond acceptors (Lipinski definition) is 0. The van der Waals surface area contributed by atoms with Gasteiger partial charge >= 0.3 is 0 Å². The molecule has 0 aromatic heterocycles. The third kappa shape index (κ3) is 2.29.